The molecule has 0 saturated heterocycles. The van der Waals surface area contributed by atoms with E-state index >= 15 is 0 Å². The van der Waals surface area contributed by atoms with E-state index in [2.05, 4.69) is 6.07 Å². The maximum atomic E-state index is 5.43. The second-order valence-electron chi connectivity index (χ2n) is 2.42. The van der Waals surface area contributed by atoms with Crippen molar-refractivity contribution in [2.75, 3.05) is 13.3 Å². The topological polar surface area (TPSA) is 9.23 Å². The number of ether oxygens (including phenoxy) is 1. The van der Waals surface area contributed by atoms with Gasteiger partial charge in [0.05, 0.1) is 7.11 Å². The van der Waals surface area contributed by atoms with Crippen LogP contribution < -0.4 is 10.0 Å². The molecule has 0 fully saturated rings. The second-order valence-corrected chi connectivity index (χ2v) is 3.81. The van der Waals surface area contributed by atoms with Crippen LogP contribution in [0.15, 0.2) is 24.3 Å². The van der Waals surface area contributed by atoms with E-state index in [1.807, 2.05) is 18.2 Å². The van der Waals surface area contributed by atoms with E-state index in [0.717, 1.165) is 26.9 Å². The molecule has 1 atom stereocenters. The fourth-order valence-electron chi connectivity index (χ4n) is 0.998. The Kier molecular flexibility index (Phi) is 4.10. The highest BCUT2D eigenvalue weighted by atomic mass is 31.1. The second kappa shape index (κ2) is 5.16. The number of hydrogen-bond acceptors (Lipinski definition) is 1. The van der Waals surface area contributed by atoms with Crippen LogP contribution in [0.3, 0.4) is 0 Å². The molecule has 0 N–H and O–H groups in total. The van der Waals surface area contributed by atoms with Crippen LogP contribution in [0.2, 0.25) is 0 Å². The summed E-state index contributed by atoms with van der Waals surface area (Å²) in [5.41, 5.74) is 0. The molecule has 1 nitrogen and oxygen atoms in total. The Morgan fingerprint density at radius 1 is 1.42 bits per heavy atom. The van der Waals surface area contributed by atoms with E-state index in [9.17, 15) is 0 Å². The summed E-state index contributed by atoms with van der Waals surface area (Å²) >= 11 is 0. The number of hydrogen-bond donors (Lipinski definition) is 0. The van der Waals surface area contributed by atoms with Gasteiger partial charge in [0, 0.05) is 5.30 Å². The summed E-state index contributed by atoms with van der Waals surface area (Å²) in [5.74, 6) is 0.976. The standard InChI is InChI=1S/C10H13OP/c1-3-8-12-10-7-5-4-6-9(10)11-2/h1,4-7,12H,3,8H2,2H3. The summed E-state index contributed by atoms with van der Waals surface area (Å²) in [7, 11) is 2.46. The third-order valence-electron chi connectivity index (χ3n) is 1.57. The van der Waals surface area contributed by atoms with Crippen molar-refractivity contribution in [3.05, 3.63) is 31.2 Å². The third-order valence-corrected chi connectivity index (χ3v) is 2.90. The highest BCUT2D eigenvalue weighted by molar-refractivity contribution is 7.47. The van der Waals surface area contributed by atoms with Crippen molar-refractivity contribution >= 4 is 13.9 Å². The summed E-state index contributed by atoms with van der Waals surface area (Å²) < 4.78 is 5.21. The van der Waals surface area contributed by atoms with Crippen LogP contribution in [0.5, 0.6) is 5.75 Å². The van der Waals surface area contributed by atoms with E-state index < -0.39 is 0 Å². The fourth-order valence-corrected chi connectivity index (χ4v) is 1.98. The highest BCUT2D eigenvalue weighted by Crippen LogP contribution is 2.19. The van der Waals surface area contributed by atoms with Gasteiger partial charge >= 0.3 is 0 Å². The molecule has 0 bridgehead atoms. The zero-order valence-electron chi connectivity index (χ0n) is 7.21. The first-order valence-corrected chi connectivity index (χ1v) is 5.16. The van der Waals surface area contributed by atoms with Crippen LogP contribution in [0.4, 0.5) is 0 Å². The van der Waals surface area contributed by atoms with Crippen molar-refractivity contribution in [3.63, 3.8) is 0 Å². The van der Waals surface area contributed by atoms with Crippen LogP contribution >= 0.6 is 8.58 Å². The molecular weight excluding hydrogens is 167 g/mol. The van der Waals surface area contributed by atoms with Crippen LogP contribution in [0, 0.1) is 6.92 Å². The average Bonchev–Trinajstić information content (AvgIpc) is 2.15. The fraction of sp³-hybridized carbons (Fsp3) is 0.300. The minimum atomic E-state index is 0.747. The molecule has 0 amide bonds. The van der Waals surface area contributed by atoms with Gasteiger partial charge in [0.15, 0.2) is 0 Å². The Bertz CT molecular complexity index is 235. The summed E-state index contributed by atoms with van der Waals surface area (Å²) in [4.78, 5) is 0. The number of para-hydroxylation sites is 1. The van der Waals surface area contributed by atoms with Gasteiger partial charge in [0.2, 0.25) is 0 Å². The lowest BCUT2D eigenvalue weighted by atomic mass is 10.3. The molecule has 0 spiro atoms. The molecular formula is C10H13OP. The van der Waals surface area contributed by atoms with Crippen LogP contribution in [0.25, 0.3) is 0 Å². The monoisotopic (exact) mass is 180 g/mol. The molecule has 2 radical (unpaired) electrons. The summed E-state index contributed by atoms with van der Waals surface area (Å²) in [5, 5.41) is 1.27. The molecule has 1 aromatic carbocycles. The molecule has 1 aromatic rings. The normalized spacial score (nSPS) is 10.8. The van der Waals surface area contributed by atoms with Gasteiger partial charge in [0.1, 0.15) is 5.75 Å². The lowest BCUT2D eigenvalue weighted by Gasteiger charge is -2.06. The summed E-state index contributed by atoms with van der Waals surface area (Å²) in [6.07, 6.45) is 1.79. The molecule has 0 aliphatic carbocycles. The van der Waals surface area contributed by atoms with Crippen molar-refractivity contribution in [2.24, 2.45) is 0 Å². The lowest BCUT2D eigenvalue weighted by molar-refractivity contribution is 0.418. The zero-order chi connectivity index (χ0) is 8.81. The van der Waals surface area contributed by atoms with Crippen molar-refractivity contribution in [1.29, 1.82) is 0 Å². The molecule has 0 aromatic heterocycles. The van der Waals surface area contributed by atoms with Gasteiger partial charge in [-0.2, -0.15) is 0 Å². The minimum absolute atomic E-state index is 0.747. The van der Waals surface area contributed by atoms with Gasteiger partial charge in [-0.15, -0.1) is 0 Å². The van der Waals surface area contributed by atoms with Gasteiger partial charge in [-0.1, -0.05) is 26.8 Å². The molecule has 2 heteroatoms. The van der Waals surface area contributed by atoms with E-state index in [1.165, 1.54) is 5.30 Å². The summed E-state index contributed by atoms with van der Waals surface area (Å²) in [6, 6.07) is 8.09. The molecule has 1 rings (SSSR count). The van der Waals surface area contributed by atoms with Crippen molar-refractivity contribution < 1.29 is 4.74 Å². The predicted molar refractivity (Wildman–Crippen MR) is 54.7 cm³/mol. The van der Waals surface area contributed by atoms with Gasteiger partial charge < -0.3 is 4.74 Å². The highest BCUT2D eigenvalue weighted by Gasteiger charge is 1.98. The predicted octanol–water partition coefficient (Wildman–Crippen LogP) is 2.10. The molecule has 0 heterocycles. The molecule has 0 saturated carbocycles. The van der Waals surface area contributed by atoms with Crippen LogP contribution in [-0.2, 0) is 0 Å². The molecule has 0 aliphatic rings. The van der Waals surface area contributed by atoms with Gasteiger partial charge in [0.25, 0.3) is 0 Å². The minimum Gasteiger partial charge on any atom is -0.496 e. The largest absolute Gasteiger partial charge is 0.496 e. The average molecular weight is 180 g/mol. The van der Waals surface area contributed by atoms with E-state index in [1.54, 1.807) is 7.11 Å². The van der Waals surface area contributed by atoms with Gasteiger partial charge in [-0.05, 0) is 25.6 Å². The first-order chi connectivity index (χ1) is 5.88. The van der Waals surface area contributed by atoms with Crippen LogP contribution in [0.1, 0.15) is 6.42 Å². The molecule has 12 heavy (non-hydrogen) atoms. The Hall–Kier alpha value is -0.550. The Morgan fingerprint density at radius 3 is 2.83 bits per heavy atom. The van der Waals surface area contributed by atoms with E-state index in [0.29, 0.717) is 0 Å². The lowest BCUT2D eigenvalue weighted by Crippen LogP contribution is -2.00. The Balaban J connectivity index is 2.68. The first-order valence-electron chi connectivity index (χ1n) is 3.95. The zero-order valence-corrected chi connectivity index (χ0v) is 8.21. The van der Waals surface area contributed by atoms with Crippen molar-refractivity contribution in [2.45, 2.75) is 6.42 Å². The molecule has 64 valence electrons. The molecule has 0 aliphatic heterocycles. The maximum Gasteiger partial charge on any atom is 0.126 e. The van der Waals surface area contributed by atoms with Gasteiger partial charge in [-0.25, -0.2) is 0 Å². The van der Waals surface area contributed by atoms with Crippen molar-refractivity contribution in [1.82, 2.24) is 0 Å². The van der Waals surface area contributed by atoms with Crippen LogP contribution in [-0.4, -0.2) is 13.3 Å². The first kappa shape index (κ1) is 9.54. The number of rotatable bonds is 4. The number of methoxy groups -OCH3 is 1. The Labute approximate surface area is 75.9 Å². The third kappa shape index (κ3) is 2.49. The van der Waals surface area contributed by atoms with E-state index in [-0.39, 0.29) is 0 Å². The Morgan fingerprint density at radius 2 is 2.17 bits per heavy atom. The molecule has 1 unspecified atom stereocenters. The smallest absolute Gasteiger partial charge is 0.126 e. The quantitative estimate of drug-likeness (QED) is 0.645. The van der Waals surface area contributed by atoms with E-state index in [4.69, 9.17) is 11.7 Å². The summed E-state index contributed by atoms with van der Waals surface area (Å²) in [6.45, 7) is 5.43. The SMILES string of the molecule is [CH]CCPc1ccccc1OC. The van der Waals surface area contributed by atoms with Crippen molar-refractivity contribution in [3.8, 4) is 5.75 Å². The maximum absolute atomic E-state index is 5.43. The van der Waals surface area contributed by atoms with Gasteiger partial charge in [-0.3, -0.25) is 0 Å². The number of benzene rings is 1.